The normalized spacial score (nSPS) is 19.2. The molecule has 1 N–H and O–H groups in total. The van der Waals surface area contributed by atoms with Crippen LogP contribution in [0.3, 0.4) is 0 Å². The first-order chi connectivity index (χ1) is 6.25. The molecule has 0 aromatic rings. The molecule has 0 unspecified atom stereocenters. The highest BCUT2D eigenvalue weighted by Crippen LogP contribution is 2.27. The number of ether oxygens (including phenoxy) is 2. The Balaban J connectivity index is 2.36. The van der Waals surface area contributed by atoms with Crippen LogP contribution in [0.25, 0.3) is 0 Å². The van der Waals surface area contributed by atoms with Gasteiger partial charge in [0.05, 0.1) is 20.3 Å². The molecule has 4 nitrogen and oxygen atoms in total. The molecule has 0 aliphatic carbocycles. The standard InChI is InChI=1S/C9H17NO3/c1-3-4-10-5-9(6-13-7-9)8(11)12-2/h10H,3-7H2,1-2H3. The second-order valence-electron chi connectivity index (χ2n) is 3.44. The second-order valence-corrected chi connectivity index (χ2v) is 3.44. The van der Waals surface area contributed by atoms with Crippen molar-refractivity contribution in [3.05, 3.63) is 0 Å². The summed E-state index contributed by atoms with van der Waals surface area (Å²) in [6, 6.07) is 0. The molecule has 76 valence electrons. The van der Waals surface area contributed by atoms with E-state index in [2.05, 4.69) is 12.2 Å². The number of methoxy groups -OCH3 is 1. The number of hydrogen-bond donors (Lipinski definition) is 1. The largest absolute Gasteiger partial charge is 0.468 e. The van der Waals surface area contributed by atoms with Gasteiger partial charge in [0.15, 0.2) is 0 Å². The zero-order chi connectivity index (χ0) is 9.73. The van der Waals surface area contributed by atoms with E-state index in [0.29, 0.717) is 19.8 Å². The Morgan fingerprint density at radius 3 is 2.69 bits per heavy atom. The minimum atomic E-state index is -0.413. The fraction of sp³-hybridized carbons (Fsp3) is 0.889. The van der Waals surface area contributed by atoms with Gasteiger partial charge in [-0.3, -0.25) is 4.79 Å². The summed E-state index contributed by atoms with van der Waals surface area (Å²) in [6.07, 6.45) is 1.07. The van der Waals surface area contributed by atoms with Crippen molar-refractivity contribution in [2.75, 3.05) is 33.4 Å². The van der Waals surface area contributed by atoms with E-state index in [0.717, 1.165) is 13.0 Å². The smallest absolute Gasteiger partial charge is 0.317 e. The second kappa shape index (κ2) is 4.58. The number of carbonyl (C=O) groups is 1. The van der Waals surface area contributed by atoms with Gasteiger partial charge in [0.25, 0.3) is 0 Å². The van der Waals surface area contributed by atoms with Crippen molar-refractivity contribution >= 4 is 5.97 Å². The van der Waals surface area contributed by atoms with E-state index in [1.165, 1.54) is 7.11 Å². The Bertz CT molecular complexity index is 178. The molecule has 0 aromatic heterocycles. The SMILES string of the molecule is CCCNCC1(C(=O)OC)COC1. The van der Waals surface area contributed by atoms with Crippen LogP contribution in [0.1, 0.15) is 13.3 Å². The Morgan fingerprint density at radius 1 is 1.62 bits per heavy atom. The third kappa shape index (κ3) is 2.19. The van der Waals surface area contributed by atoms with Crippen LogP contribution in [-0.2, 0) is 14.3 Å². The molecule has 4 heteroatoms. The van der Waals surface area contributed by atoms with Gasteiger partial charge in [-0.25, -0.2) is 0 Å². The van der Waals surface area contributed by atoms with E-state index in [1.54, 1.807) is 0 Å². The van der Waals surface area contributed by atoms with Crippen LogP contribution >= 0.6 is 0 Å². The predicted molar refractivity (Wildman–Crippen MR) is 48.4 cm³/mol. The van der Waals surface area contributed by atoms with Crippen LogP contribution in [0.2, 0.25) is 0 Å². The van der Waals surface area contributed by atoms with Gasteiger partial charge in [-0.1, -0.05) is 6.92 Å². The average Bonchev–Trinajstić information content (AvgIpc) is 2.08. The fourth-order valence-corrected chi connectivity index (χ4v) is 1.36. The summed E-state index contributed by atoms with van der Waals surface area (Å²) >= 11 is 0. The summed E-state index contributed by atoms with van der Waals surface area (Å²) in [4.78, 5) is 11.4. The van der Waals surface area contributed by atoms with Crippen LogP contribution < -0.4 is 5.32 Å². The molecule has 1 heterocycles. The lowest BCUT2D eigenvalue weighted by atomic mass is 9.86. The van der Waals surface area contributed by atoms with Crippen LogP contribution in [-0.4, -0.2) is 39.4 Å². The molecule has 1 rings (SSSR count). The van der Waals surface area contributed by atoms with Gasteiger partial charge in [-0.15, -0.1) is 0 Å². The van der Waals surface area contributed by atoms with Crippen molar-refractivity contribution in [1.29, 1.82) is 0 Å². The van der Waals surface area contributed by atoms with Gasteiger partial charge in [-0.2, -0.15) is 0 Å². The average molecular weight is 187 g/mol. The Labute approximate surface area is 78.6 Å². The topological polar surface area (TPSA) is 47.6 Å². The molecule has 1 aliphatic rings. The predicted octanol–water partition coefficient (Wildman–Crippen LogP) is 0.176. The Kier molecular flexibility index (Phi) is 3.69. The number of hydrogen-bond acceptors (Lipinski definition) is 4. The van der Waals surface area contributed by atoms with Crippen molar-refractivity contribution in [3.8, 4) is 0 Å². The van der Waals surface area contributed by atoms with Gasteiger partial charge in [0, 0.05) is 6.54 Å². The first kappa shape index (κ1) is 10.5. The van der Waals surface area contributed by atoms with Crippen LogP contribution in [0, 0.1) is 5.41 Å². The third-order valence-electron chi connectivity index (χ3n) is 2.27. The maximum absolute atomic E-state index is 11.4. The lowest BCUT2D eigenvalue weighted by Crippen LogP contribution is -2.55. The van der Waals surface area contributed by atoms with Crippen LogP contribution in [0.15, 0.2) is 0 Å². The number of carbonyl (C=O) groups excluding carboxylic acids is 1. The zero-order valence-corrected chi connectivity index (χ0v) is 8.26. The Morgan fingerprint density at radius 2 is 2.31 bits per heavy atom. The van der Waals surface area contributed by atoms with Gasteiger partial charge in [0.2, 0.25) is 0 Å². The molecule has 13 heavy (non-hydrogen) atoms. The van der Waals surface area contributed by atoms with Crippen molar-refractivity contribution in [2.24, 2.45) is 5.41 Å². The van der Waals surface area contributed by atoms with E-state index >= 15 is 0 Å². The lowest BCUT2D eigenvalue weighted by Gasteiger charge is -2.38. The zero-order valence-electron chi connectivity index (χ0n) is 8.26. The van der Waals surface area contributed by atoms with Crippen molar-refractivity contribution in [2.45, 2.75) is 13.3 Å². The molecule has 1 aliphatic heterocycles. The first-order valence-electron chi connectivity index (χ1n) is 4.62. The molecular weight excluding hydrogens is 170 g/mol. The summed E-state index contributed by atoms with van der Waals surface area (Å²) in [5.41, 5.74) is -0.413. The first-order valence-corrected chi connectivity index (χ1v) is 4.62. The molecule has 0 atom stereocenters. The minimum Gasteiger partial charge on any atom is -0.468 e. The highest BCUT2D eigenvalue weighted by molar-refractivity contribution is 5.78. The third-order valence-corrected chi connectivity index (χ3v) is 2.27. The summed E-state index contributed by atoms with van der Waals surface area (Å²) in [6.45, 7) is 4.65. The molecule has 0 bridgehead atoms. The van der Waals surface area contributed by atoms with Crippen molar-refractivity contribution < 1.29 is 14.3 Å². The Hall–Kier alpha value is -0.610. The lowest BCUT2D eigenvalue weighted by molar-refractivity contribution is -0.182. The van der Waals surface area contributed by atoms with E-state index in [9.17, 15) is 4.79 Å². The van der Waals surface area contributed by atoms with Crippen LogP contribution in [0.5, 0.6) is 0 Å². The molecule has 1 saturated heterocycles. The van der Waals surface area contributed by atoms with E-state index in [1.807, 2.05) is 0 Å². The molecule has 0 spiro atoms. The summed E-state index contributed by atoms with van der Waals surface area (Å²) < 4.78 is 9.78. The molecule has 1 fully saturated rings. The summed E-state index contributed by atoms with van der Waals surface area (Å²) in [5, 5.41) is 3.21. The van der Waals surface area contributed by atoms with Crippen LogP contribution in [0.4, 0.5) is 0 Å². The summed E-state index contributed by atoms with van der Waals surface area (Å²) in [7, 11) is 1.42. The summed E-state index contributed by atoms with van der Waals surface area (Å²) in [5.74, 6) is -0.164. The van der Waals surface area contributed by atoms with Crippen molar-refractivity contribution in [1.82, 2.24) is 5.32 Å². The molecule has 0 amide bonds. The minimum absolute atomic E-state index is 0.164. The van der Waals surface area contributed by atoms with E-state index in [4.69, 9.17) is 9.47 Å². The van der Waals surface area contributed by atoms with Crippen molar-refractivity contribution in [3.63, 3.8) is 0 Å². The van der Waals surface area contributed by atoms with Gasteiger partial charge in [0.1, 0.15) is 5.41 Å². The maximum atomic E-state index is 11.4. The highest BCUT2D eigenvalue weighted by atomic mass is 16.5. The monoisotopic (exact) mass is 187 g/mol. The van der Waals surface area contributed by atoms with Gasteiger partial charge >= 0.3 is 5.97 Å². The quantitative estimate of drug-likeness (QED) is 0.492. The molecule has 0 saturated carbocycles. The maximum Gasteiger partial charge on any atom is 0.317 e. The molecule has 0 radical (unpaired) electrons. The van der Waals surface area contributed by atoms with E-state index < -0.39 is 5.41 Å². The molecule has 0 aromatic carbocycles. The number of rotatable bonds is 5. The number of esters is 1. The highest BCUT2D eigenvalue weighted by Gasteiger charge is 2.46. The van der Waals surface area contributed by atoms with Gasteiger partial charge < -0.3 is 14.8 Å². The number of nitrogens with one attached hydrogen (secondary N) is 1. The fourth-order valence-electron chi connectivity index (χ4n) is 1.36. The van der Waals surface area contributed by atoms with Gasteiger partial charge in [-0.05, 0) is 13.0 Å². The molecular formula is C9H17NO3. The van der Waals surface area contributed by atoms with E-state index in [-0.39, 0.29) is 5.97 Å².